The van der Waals surface area contributed by atoms with E-state index in [2.05, 4.69) is 15.2 Å². The van der Waals surface area contributed by atoms with E-state index in [1.165, 1.54) is 7.11 Å². The molecule has 0 aliphatic carbocycles. The lowest BCUT2D eigenvalue weighted by molar-refractivity contribution is -0.145. The minimum atomic E-state index is -0.794. The Hall–Kier alpha value is -3.03. The molecule has 1 fully saturated rings. The van der Waals surface area contributed by atoms with Gasteiger partial charge in [-0.3, -0.25) is 4.79 Å². The van der Waals surface area contributed by atoms with Crippen molar-refractivity contribution in [2.24, 2.45) is 5.92 Å². The summed E-state index contributed by atoms with van der Waals surface area (Å²) in [5.41, 5.74) is 2.81. The number of anilines is 1. The smallest absolute Gasteiger partial charge is 0.328 e. The molecule has 1 aliphatic rings. The summed E-state index contributed by atoms with van der Waals surface area (Å²) in [5.74, 6) is -0.821. The first-order valence-corrected chi connectivity index (χ1v) is 12.3. The average molecular weight is 515 g/mol. The molecule has 3 aromatic rings. The topological polar surface area (TPSA) is 76.5 Å². The number of benzene rings is 2. The molecule has 4 rings (SSSR count). The van der Waals surface area contributed by atoms with Crippen LogP contribution in [0.2, 0.25) is 10.0 Å². The first-order chi connectivity index (χ1) is 16.9. The van der Waals surface area contributed by atoms with Gasteiger partial charge in [0.2, 0.25) is 5.91 Å². The van der Waals surface area contributed by atoms with Crippen molar-refractivity contribution in [2.75, 3.05) is 25.1 Å². The number of halogens is 2. The predicted molar refractivity (Wildman–Crippen MR) is 137 cm³/mol. The van der Waals surface area contributed by atoms with Gasteiger partial charge >= 0.3 is 5.97 Å². The number of nitrogens with one attached hydrogen (secondary N) is 1. The summed E-state index contributed by atoms with van der Waals surface area (Å²) in [6.45, 7) is 2.07. The fourth-order valence-corrected chi connectivity index (χ4v) is 4.86. The van der Waals surface area contributed by atoms with Gasteiger partial charge in [0, 0.05) is 53.9 Å². The van der Waals surface area contributed by atoms with Crippen molar-refractivity contribution in [3.63, 3.8) is 0 Å². The second-order valence-electron chi connectivity index (χ2n) is 8.70. The highest BCUT2D eigenvalue weighted by atomic mass is 35.5. The molecule has 7 nitrogen and oxygen atoms in total. The van der Waals surface area contributed by atoms with E-state index in [9.17, 15) is 9.59 Å². The normalized spacial score (nSPS) is 15.0. The zero-order valence-electron chi connectivity index (χ0n) is 19.5. The van der Waals surface area contributed by atoms with E-state index in [0.29, 0.717) is 48.2 Å². The van der Waals surface area contributed by atoms with Crippen LogP contribution in [0.4, 0.5) is 5.69 Å². The van der Waals surface area contributed by atoms with Gasteiger partial charge in [-0.25, -0.2) is 9.78 Å². The van der Waals surface area contributed by atoms with Crippen LogP contribution in [0.3, 0.4) is 0 Å². The Morgan fingerprint density at radius 1 is 1.11 bits per heavy atom. The second kappa shape index (κ2) is 11.6. The number of hydrogen-bond donors (Lipinski definition) is 1. The maximum Gasteiger partial charge on any atom is 0.328 e. The van der Waals surface area contributed by atoms with Crippen molar-refractivity contribution in [2.45, 2.75) is 31.8 Å². The summed E-state index contributed by atoms with van der Waals surface area (Å²) in [6, 6.07) is 14.7. The zero-order valence-corrected chi connectivity index (χ0v) is 21.0. The molecule has 0 saturated carbocycles. The van der Waals surface area contributed by atoms with Crippen LogP contribution in [0.25, 0.3) is 0 Å². The van der Waals surface area contributed by atoms with Gasteiger partial charge in [0.1, 0.15) is 6.04 Å². The second-order valence-corrected chi connectivity index (χ2v) is 9.57. The first-order valence-electron chi connectivity index (χ1n) is 11.5. The molecule has 1 unspecified atom stereocenters. The number of carbonyl (C=O) groups excluding carboxylic acids is 2. The summed E-state index contributed by atoms with van der Waals surface area (Å²) in [7, 11) is 1.32. The van der Waals surface area contributed by atoms with Crippen LogP contribution in [0.1, 0.15) is 24.1 Å². The maximum absolute atomic E-state index is 13.0. The average Bonchev–Trinajstić information content (AvgIpc) is 3.29. The number of hydrogen-bond acceptors (Lipinski definition) is 5. The fraction of sp³-hybridized carbons (Fsp3) is 0.346. The lowest BCUT2D eigenvalue weighted by Gasteiger charge is -2.33. The van der Waals surface area contributed by atoms with Gasteiger partial charge in [-0.2, -0.15) is 0 Å². The zero-order chi connectivity index (χ0) is 24.8. The molecule has 9 heteroatoms. The Morgan fingerprint density at radius 2 is 1.80 bits per heavy atom. The molecule has 184 valence electrons. The van der Waals surface area contributed by atoms with Gasteiger partial charge in [0.25, 0.3) is 0 Å². The molecule has 1 aromatic heterocycles. The van der Waals surface area contributed by atoms with Crippen molar-refractivity contribution in [3.8, 4) is 0 Å². The molecule has 35 heavy (non-hydrogen) atoms. The Labute approximate surface area is 215 Å². The number of esters is 1. The molecule has 0 spiro atoms. The van der Waals surface area contributed by atoms with E-state index in [0.717, 1.165) is 11.3 Å². The van der Waals surface area contributed by atoms with E-state index < -0.39 is 12.0 Å². The molecule has 2 aromatic carbocycles. The van der Waals surface area contributed by atoms with Gasteiger partial charge in [0.15, 0.2) is 0 Å². The molecule has 1 amide bonds. The third kappa shape index (κ3) is 6.77. The minimum Gasteiger partial charge on any atom is -0.467 e. The fourth-order valence-electron chi connectivity index (χ4n) is 4.35. The number of aromatic nitrogens is 2. The van der Waals surface area contributed by atoms with Gasteiger partial charge < -0.3 is 19.5 Å². The largest absolute Gasteiger partial charge is 0.467 e. The number of nitrogens with zero attached hydrogens (tertiary/aromatic N) is 3. The Balaban J connectivity index is 1.34. The quantitative estimate of drug-likeness (QED) is 0.452. The van der Waals surface area contributed by atoms with Crippen molar-refractivity contribution < 1.29 is 14.3 Å². The first kappa shape index (κ1) is 25.1. The van der Waals surface area contributed by atoms with Gasteiger partial charge in [-0.1, -0.05) is 53.5 Å². The van der Waals surface area contributed by atoms with E-state index in [4.69, 9.17) is 27.9 Å². The van der Waals surface area contributed by atoms with E-state index in [-0.39, 0.29) is 18.2 Å². The monoisotopic (exact) mass is 514 g/mol. The summed E-state index contributed by atoms with van der Waals surface area (Å²) >= 11 is 12.3. The molecule has 0 bridgehead atoms. The molecule has 0 radical (unpaired) electrons. The molecule has 2 heterocycles. The Morgan fingerprint density at radius 3 is 2.46 bits per heavy atom. The SMILES string of the molecule is COC(=O)C(Cc1cn(Cc2ccccc2)cn1)NC(=O)C1CCN(c2cc(Cl)cc(Cl)c2)CC1. The van der Waals surface area contributed by atoms with Crippen molar-refractivity contribution in [1.82, 2.24) is 14.9 Å². The number of rotatable bonds is 8. The van der Waals surface area contributed by atoms with Crippen LogP contribution in [0.15, 0.2) is 61.1 Å². The summed E-state index contributed by atoms with van der Waals surface area (Å²) < 4.78 is 6.91. The molecule has 1 saturated heterocycles. The molecular formula is C26H28Cl2N4O3. The highest BCUT2D eigenvalue weighted by molar-refractivity contribution is 6.35. The van der Waals surface area contributed by atoms with Gasteiger partial charge in [-0.05, 0) is 36.6 Å². The minimum absolute atomic E-state index is 0.145. The predicted octanol–water partition coefficient (Wildman–Crippen LogP) is 4.36. The van der Waals surface area contributed by atoms with Crippen LogP contribution < -0.4 is 10.2 Å². The molecule has 1 aliphatic heterocycles. The van der Waals surface area contributed by atoms with Crippen LogP contribution in [0, 0.1) is 5.92 Å². The summed E-state index contributed by atoms with van der Waals surface area (Å²) in [4.78, 5) is 32.0. The number of piperidine rings is 1. The van der Waals surface area contributed by atoms with Crippen molar-refractivity contribution in [3.05, 3.63) is 82.4 Å². The molecule has 1 N–H and O–H groups in total. The molecular weight excluding hydrogens is 487 g/mol. The van der Waals surface area contributed by atoms with Crippen LogP contribution in [0.5, 0.6) is 0 Å². The number of amides is 1. The van der Waals surface area contributed by atoms with Crippen LogP contribution >= 0.6 is 23.2 Å². The Kier molecular flexibility index (Phi) is 8.31. The third-order valence-corrected chi connectivity index (χ3v) is 6.62. The molecule has 1 atom stereocenters. The standard InChI is InChI=1S/C26H28Cl2N4O3/c1-35-26(34)24(14-22-16-31(17-29-22)15-18-5-3-2-4-6-18)30-25(33)19-7-9-32(10-8-19)23-12-20(27)11-21(28)13-23/h2-6,11-13,16-17,19,24H,7-10,14-15H2,1H3,(H,30,33). The van der Waals surface area contributed by atoms with Crippen molar-refractivity contribution >= 4 is 40.8 Å². The third-order valence-electron chi connectivity index (χ3n) is 6.19. The lowest BCUT2D eigenvalue weighted by Crippen LogP contribution is -2.48. The number of methoxy groups -OCH3 is 1. The van der Waals surface area contributed by atoms with Gasteiger partial charge in [0.05, 0.1) is 19.1 Å². The van der Waals surface area contributed by atoms with Crippen LogP contribution in [-0.2, 0) is 27.3 Å². The van der Waals surface area contributed by atoms with E-state index in [1.54, 1.807) is 12.4 Å². The highest BCUT2D eigenvalue weighted by Gasteiger charge is 2.30. The lowest BCUT2D eigenvalue weighted by atomic mass is 9.95. The number of ether oxygens (including phenoxy) is 1. The van der Waals surface area contributed by atoms with E-state index in [1.807, 2.05) is 53.2 Å². The van der Waals surface area contributed by atoms with E-state index >= 15 is 0 Å². The number of imidazole rings is 1. The van der Waals surface area contributed by atoms with Crippen LogP contribution in [-0.4, -0.2) is 47.7 Å². The highest BCUT2D eigenvalue weighted by Crippen LogP contribution is 2.29. The van der Waals surface area contributed by atoms with Gasteiger partial charge in [-0.15, -0.1) is 0 Å². The summed E-state index contributed by atoms with van der Waals surface area (Å²) in [6.07, 6.45) is 5.21. The number of carbonyl (C=O) groups is 2. The Bertz CT molecular complexity index is 1140. The summed E-state index contributed by atoms with van der Waals surface area (Å²) in [5, 5.41) is 4.06. The maximum atomic E-state index is 13.0. The van der Waals surface area contributed by atoms with Crippen molar-refractivity contribution in [1.29, 1.82) is 0 Å².